The summed E-state index contributed by atoms with van der Waals surface area (Å²) in [5.41, 5.74) is 2.42. The molecule has 1 aliphatic heterocycles. The van der Waals surface area contributed by atoms with E-state index in [2.05, 4.69) is 60.6 Å². The van der Waals surface area contributed by atoms with E-state index in [1.165, 1.54) is 11.1 Å². The lowest BCUT2D eigenvalue weighted by atomic mass is 10.0. The zero-order chi connectivity index (χ0) is 18.8. The summed E-state index contributed by atoms with van der Waals surface area (Å²) in [7, 11) is 1.71. The van der Waals surface area contributed by atoms with Crippen molar-refractivity contribution in [2.75, 3.05) is 46.5 Å². The Morgan fingerprint density at radius 3 is 2.37 bits per heavy atom. The number of benzene rings is 1. The minimum Gasteiger partial charge on any atom is -0.380 e. The van der Waals surface area contributed by atoms with Gasteiger partial charge in [-0.2, -0.15) is 0 Å². The van der Waals surface area contributed by atoms with Crippen LogP contribution in [0.5, 0.6) is 0 Å². The van der Waals surface area contributed by atoms with Gasteiger partial charge in [0.05, 0.1) is 26.4 Å². The highest BCUT2D eigenvalue weighted by atomic mass is 127. The number of hydrogen-bond acceptors (Lipinski definition) is 4. The number of hydrogen-bond donors (Lipinski definition) is 2. The molecule has 2 N–H and O–H groups in total. The molecule has 154 valence electrons. The standard InChI is InChI=1S/C20H34N4O2.HI/c1-5-21-19(22-14-17-6-8-18(9-7-17)15-25-4)23-16-20(2,3)24-10-12-26-13-11-24;/h6-9H,5,10-16H2,1-4H3,(H2,21,22,23);1H. The van der Waals surface area contributed by atoms with Crippen LogP contribution >= 0.6 is 24.0 Å². The number of rotatable bonds is 8. The summed E-state index contributed by atoms with van der Waals surface area (Å²) in [6.45, 7) is 13.2. The van der Waals surface area contributed by atoms with E-state index in [1.807, 2.05) is 0 Å². The minimum absolute atomic E-state index is 0. The third-order valence-corrected chi connectivity index (χ3v) is 4.65. The monoisotopic (exact) mass is 490 g/mol. The maximum atomic E-state index is 5.46. The van der Waals surface area contributed by atoms with Crippen LogP contribution in [0.15, 0.2) is 29.3 Å². The molecule has 27 heavy (non-hydrogen) atoms. The Hall–Kier alpha value is -0.900. The number of methoxy groups -OCH3 is 1. The number of morpholine rings is 1. The Bertz CT molecular complexity index is 558. The van der Waals surface area contributed by atoms with Gasteiger partial charge in [-0.05, 0) is 31.9 Å². The van der Waals surface area contributed by atoms with Crippen LogP contribution < -0.4 is 10.6 Å². The van der Waals surface area contributed by atoms with Crippen molar-refractivity contribution in [1.29, 1.82) is 0 Å². The largest absolute Gasteiger partial charge is 0.380 e. The first-order valence-corrected chi connectivity index (χ1v) is 9.47. The van der Waals surface area contributed by atoms with Crippen molar-refractivity contribution in [2.45, 2.75) is 39.5 Å². The van der Waals surface area contributed by atoms with Crippen LogP contribution in [-0.2, 0) is 22.6 Å². The van der Waals surface area contributed by atoms with Crippen LogP contribution in [0, 0.1) is 0 Å². The molecular weight excluding hydrogens is 455 g/mol. The third kappa shape index (κ3) is 8.33. The van der Waals surface area contributed by atoms with Crippen molar-refractivity contribution in [3.05, 3.63) is 35.4 Å². The third-order valence-electron chi connectivity index (χ3n) is 4.65. The van der Waals surface area contributed by atoms with Crippen molar-refractivity contribution in [3.8, 4) is 0 Å². The van der Waals surface area contributed by atoms with Crippen LogP contribution in [0.25, 0.3) is 0 Å². The van der Waals surface area contributed by atoms with E-state index >= 15 is 0 Å². The van der Waals surface area contributed by atoms with Gasteiger partial charge in [0, 0.05) is 38.8 Å². The molecule has 2 rings (SSSR count). The van der Waals surface area contributed by atoms with E-state index in [0.717, 1.165) is 45.4 Å². The molecule has 0 atom stereocenters. The first-order valence-electron chi connectivity index (χ1n) is 9.47. The van der Waals surface area contributed by atoms with Crippen molar-refractivity contribution in [2.24, 2.45) is 4.99 Å². The van der Waals surface area contributed by atoms with Crippen molar-refractivity contribution in [3.63, 3.8) is 0 Å². The number of guanidine groups is 1. The van der Waals surface area contributed by atoms with Gasteiger partial charge in [-0.25, -0.2) is 4.99 Å². The van der Waals surface area contributed by atoms with E-state index in [9.17, 15) is 0 Å². The summed E-state index contributed by atoms with van der Waals surface area (Å²) in [6.07, 6.45) is 0. The lowest BCUT2D eigenvalue weighted by molar-refractivity contribution is -0.00834. The van der Waals surface area contributed by atoms with Crippen LogP contribution in [0.3, 0.4) is 0 Å². The highest BCUT2D eigenvalue weighted by molar-refractivity contribution is 14.0. The van der Waals surface area contributed by atoms with Crippen molar-refractivity contribution < 1.29 is 9.47 Å². The van der Waals surface area contributed by atoms with E-state index in [4.69, 9.17) is 14.5 Å². The zero-order valence-electron chi connectivity index (χ0n) is 17.1. The Morgan fingerprint density at radius 2 is 1.78 bits per heavy atom. The van der Waals surface area contributed by atoms with Gasteiger partial charge in [-0.1, -0.05) is 24.3 Å². The molecular formula is C20H35IN4O2. The topological polar surface area (TPSA) is 58.1 Å². The average Bonchev–Trinajstić information content (AvgIpc) is 2.66. The predicted octanol–water partition coefficient (Wildman–Crippen LogP) is 2.62. The summed E-state index contributed by atoms with van der Waals surface area (Å²) < 4.78 is 10.6. The fourth-order valence-corrected chi connectivity index (χ4v) is 3.00. The average molecular weight is 490 g/mol. The summed E-state index contributed by atoms with van der Waals surface area (Å²) >= 11 is 0. The molecule has 7 heteroatoms. The number of aliphatic imine (C=N–C) groups is 1. The molecule has 0 amide bonds. The molecule has 0 aromatic heterocycles. The molecule has 1 fully saturated rings. The number of nitrogens with one attached hydrogen (secondary N) is 2. The molecule has 0 bridgehead atoms. The Morgan fingerprint density at radius 1 is 1.15 bits per heavy atom. The van der Waals surface area contributed by atoms with Gasteiger partial charge in [0.25, 0.3) is 0 Å². The van der Waals surface area contributed by atoms with Gasteiger partial charge < -0.3 is 20.1 Å². The van der Waals surface area contributed by atoms with Gasteiger partial charge in [0.2, 0.25) is 0 Å². The molecule has 0 aliphatic carbocycles. The molecule has 0 saturated carbocycles. The molecule has 1 heterocycles. The number of nitrogens with zero attached hydrogens (tertiary/aromatic N) is 2. The van der Waals surface area contributed by atoms with E-state index in [-0.39, 0.29) is 29.5 Å². The Balaban J connectivity index is 0.00000364. The molecule has 1 aromatic carbocycles. The van der Waals surface area contributed by atoms with Gasteiger partial charge >= 0.3 is 0 Å². The summed E-state index contributed by atoms with van der Waals surface area (Å²) in [6, 6.07) is 8.41. The van der Waals surface area contributed by atoms with E-state index in [1.54, 1.807) is 7.11 Å². The smallest absolute Gasteiger partial charge is 0.191 e. The highest BCUT2D eigenvalue weighted by Crippen LogP contribution is 2.15. The lowest BCUT2D eigenvalue weighted by Crippen LogP contribution is -2.56. The van der Waals surface area contributed by atoms with Gasteiger partial charge in [0.15, 0.2) is 5.96 Å². The lowest BCUT2D eigenvalue weighted by Gasteiger charge is -2.41. The number of ether oxygens (including phenoxy) is 2. The second-order valence-electron chi connectivity index (χ2n) is 7.21. The highest BCUT2D eigenvalue weighted by Gasteiger charge is 2.28. The SMILES string of the molecule is CCNC(=NCc1ccc(COC)cc1)NCC(C)(C)N1CCOCC1.I. The second kappa shape index (κ2) is 12.5. The molecule has 1 aromatic rings. The van der Waals surface area contributed by atoms with E-state index in [0.29, 0.717) is 13.2 Å². The molecule has 6 nitrogen and oxygen atoms in total. The maximum absolute atomic E-state index is 5.46. The van der Waals surface area contributed by atoms with Crippen molar-refractivity contribution in [1.82, 2.24) is 15.5 Å². The van der Waals surface area contributed by atoms with E-state index < -0.39 is 0 Å². The fourth-order valence-electron chi connectivity index (χ4n) is 3.00. The maximum Gasteiger partial charge on any atom is 0.191 e. The van der Waals surface area contributed by atoms with Crippen LogP contribution in [0.1, 0.15) is 31.9 Å². The summed E-state index contributed by atoms with van der Waals surface area (Å²) in [4.78, 5) is 7.20. The number of halogens is 1. The minimum atomic E-state index is 0. The van der Waals surface area contributed by atoms with Gasteiger partial charge in [-0.15, -0.1) is 24.0 Å². The summed E-state index contributed by atoms with van der Waals surface area (Å²) in [5, 5.41) is 6.83. The first-order chi connectivity index (χ1) is 12.5. The second-order valence-corrected chi connectivity index (χ2v) is 7.21. The van der Waals surface area contributed by atoms with Gasteiger partial charge in [0.1, 0.15) is 0 Å². The van der Waals surface area contributed by atoms with Gasteiger partial charge in [-0.3, -0.25) is 4.90 Å². The molecule has 0 unspecified atom stereocenters. The quantitative estimate of drug-likeness (QED) is 0.334. The molecule has 0 radical (unpaired) electrons. The Labute approximate surface area is 181 Å². The van der Waals surface area contributed by atoms with Crippen LogP contribution in [-0.4, -0.2) is 62.9 Å². The zero-order valence-corrected chi connectivity index (χ0v) is 19.4. The normalized spacial score (nSPS) is 15.9. The van der Waals surface area contributed by atoms with Crippen LogP contribution in [0.4, 0.5) is 0 Å². The fraction of sp³-hybridized carbons (Fsp3) is 0.650. The molecule has 1 aliphatic rings. The predicted molar refractivity (Wildman–Crippen MR) is 122 cm³/mol. The Kier molecular flexibility index (Phi) is 11.2. The molecule has 0 spiro atoms. The van der Waals surface area contributed by atoms with Crippen LogP contribution in [0.2, 0.25) is 0 Å². The van der Waals surface area contributed by atoms with Crippen molar-refractivity contribution >= 4 is 29.9 Å². The molecule has 1 saturated heterocycles. The summed E-state index contributed by atoms with van der Waals surface area (Å²) in [5.74, 6) is 0.856. The first kappa shape index (κ1) is 24.1.